The third-order valence-corrected chi connectivity index (χ3v) is 3.50. The van der Waals surface area contributed by atoms with Crippen LogP contribution in [0.25, 0.3) is 0 Å². The highest BCUT2D eigenvalue weighted by molar-refractivity contribution is 7.13. The summed E-state index contributed by atoms with van der Waals surface area (Å²) in [4.78, 5) is 10.8. The molecule has 0 radical (unpaired) electrons. The first-order valence-electron chi connectivity index (χ1n) is 5.78. The van der Waals surface area contributed by atoms with Gasteiger partial charge in [0.1, 0.15) is 6.29 Å². The van der Waals surface area contributed by atoms with Crippen molar-refractivity contribution >= 4 is 15.7 Å². The summed E-state index contributed by atoms with van der Waals surface area (Å²) >= 11 is 0. The standard InChI is InChI=1S/C11H22NOP/c13-10-11-6-2-1-4-8-12(14)9-5-3-7-11/h10-11H,1-9,14H2. The van der Waals surface area contributed by atoms with Gasteiger partial charge in [-0.25, -0.2) is 0 Å². The Bertz CT molecular complexity index is 163. The Morgan fingerprint density at radius 1 is 1.00 bits per heavy atom. The summed E-state index contributed by atoms with van der Waals surface area (Å²) in [7, 11) is 2.80. The molecule has 0 aromatic carbocycles. The van der Waals surface area contributed by atoms with Crippen LogP contribution >= 0.6 is 9.39 Å². The molecule has 1 heterocycles. The smallest absolute Gasteiger partial charge is 0.123 e. The molecule has 2 nitrogen and oxygen atoms in total. The Kier molecular flexibility index (Phi) is 6.38. The number of nitrogens with zero attached hydrogens (tertiary/aromatic N) is 1. The topological polar surface area (TPSA) is 20.3 Å². The highest BCUT2D eigenvalue weighted by Gasteiger charge is 2.09. The van der Waals surface area contributed by atoms with Gasteiger partial charge in [-0.3, -0.25) is 4.67 Å². The Labute approximate surface area is 89.7 Å². The molecule has 0 bridgehead atoms. The Hall–Kier alpha value is 0.0600. The van der Waals surface area contributed by atoms with Crippen LogP contribution in [0.2, 0.25) is 0 Å². The molecule has 1 fully saturated rings. The SMILES string of the molecule is O=CC1CCCCCN(P)CCCC1. The van der Waals surface area contributed by atoms with Crippen LogP contribution in [0.15, 0.2) is 0 Å². The molecule has 0 spiro atoms. The quantitative estimate of drug-likeness (QED) is 0.495. The van der Waals surface area contributed by atoms with Gasteiger partial charge in [0.15, 0.2) is 0 Å². The monoisotopic (exact) mass is 215 g/mol. The highest BCUT2D eigenvalue weighted by Crippen LogP contribution is 2.17. The van der Waals surface area contributed by atoms with Crippen molar-refractivity contribution in [1.29, 1.82) is 0 Å². The van der Waals surface area contributed by atoms with Gasteiger partial charge < -0.3 is 4.79 Å². The molecule has 0 saturated carbocycles. The Morgan fingerprint density at radius 2 is 1.57 bits per heavy atom. The van der Waals surface area contributed by atoms with Crippen LogP contribution < -0.4 is 0 Å². The van der Waals surface area contributed by atoms with Crippen molar-refractivity contribution in [1.82, 2.24) is 4.67 Å². The fraction of sp³-hybridized carbons (Fsp3) is 0.909. The van der Waals surface area contributed by atoms with Gasteiger partial charge in [-0.1, -0.05) is 28.7 Å². The van der Waals surface area contributed by atoms with Crippen LogP contribution in [0.5, 0.6) is 0 Å². The molecule has 1 aliphatic rings. The van der Waals surface area contributed by atoms with Gasteiger partial charge in [-0.05, 0) is 25.7 Å². The summed E-state index contributed by atoms with van der Waals surface area (Å²) in [5.41, 5.74) is 0. The average molecular weight is 215 g/mol. The molecule has 3 heteroatoms. The Morgan fingerprint density at radius 3 is 2.21 bits per heavy atom. The van der Waals surface area contributed by atoms with Crippen molar-refractivity contribution in [2.75, 3.05) is 13.1 Å². The van der Waals surface area contributed by atoms with Crippen molar-refractivity contribution in [3.8, 4) is 0 Å². The lowest BCUT2D eigenvalue weighted by molar-refractivity contribution is -0.111. The fourth-order valence-corrected chi connectivity index (χ4v) is 2.38. The van der Waals surface area contributed by atoms with E-state index in [0.717, 1.165) is 25.7 Å². The van der Waals surface area contributed by atoms with Crippen LogP contribution in [0.3, 0.4) is 0 Å². The largest absolute Gasteiger partial charge is 0.303 e. The molecule has 0 N–H and O–H groups in total. The Balaban J connectivity index is 2.29. The van der Waals surface area contributed by atoms with Gasteiger partial charge in [-0.2, -0.15) is 0 Å². The van der Waals surface area contributed by atoms with E-state index >= 15 is 0 Å². The van der Waals surface area contributed by atoms with E-state index in [-0.39, 0.29) is 0 Å². The maximum absolute atomic E-state index is 10.8. The molecule has 2 unspecified atom stereocenters. The lowest BCUT2D eigenvalue weighted by atomic mass is 9.97. The van der Waals surface area contributed by atoms with Crippen molar-refractivity contribution in [3.63, 3.8) is 0 Å². The number of rotatable bonds is 1. The van der Waals surface area contributed by atoms with E-state index in [1.165, 1.54) is 38.6 Å². The van der Waals surface area contributed by atoms with E-state index in [4.69, 9.17) is 0 Å². The number of aldehydes is 1. The normalized spacial score (nSPS) is 27.9. The van der Waals surface area contributed by atoms with Gasteiger partial charge >= 0.3 is 0 Å². The summed E-state index contributed by atoms with van der Waals surface area (Å²) in [5, 5.41) is 0. The first-order valence-corrected chi connectivity index (χ1v) is 6.29. The van der Waals surface area contributed by atoms with E-state index in [1.54, 1.807) is 0 Å². The number of carbonyl (C=O) groups excluding carboxylic acids is 1. The zero-order valence-electron chi connectivity index (χ0n) is 8.95. The second-order valence-corrected chi connectivity index (χ2v) is 5.01. The van der Waals surface area contributed by atoms with Crippen LogP contribution in [-0.2, 0) is 4.79 Å². The number of hydrogen-bond donors (Lipinski definition) is 0. The number of hydrogen-bond acceptors (Lipinski definition) is 2. The fourth-order valence-electron chi connectivity index (χ4n) is 2.01. The minimum atomic E-state index is 0.339. The molecule has 1 saturated heterocycles. The molecule has 82 valence electrons. The zero-order chi connectivity index (χ0) is 10.2. The molecule has 0 aromatic rings. The molecule has 0 aromatic heterocycles. The van der Waals surface area contributed by atoms with Crippen LogP contribution in [-0.4, -0.2) is 24.0 Å². The molecule has 0 aliphatic carbocycles. The van der Waals surface area contributed by atoms with Crippen molar-refractivity contribution in [2.24, 2.45) is 5.92 Å². The predicted molar refractivity (Wildman–Crippen MR) is 63.2 cm³/mol. The summed E-state index contributed by atoms with van der Waals surface area (Å²) in [5.74, 6) is 0.339. The first kappa shape index (κ1) is 12.1. The first-order chi connectivity index (χ1) is 6.83. The van der Waals surface area contributed by atoms with Gasteiger partial charge in [0.25, 0.3) is 0 Å². The molecule has 2 atom stereocenters. The van der Waals surface area contributed by atoms with Crippen LogP contribution in [0, 0.1) is 5.92 Å². The molecule has 0 amide bonds. The lowest BCUT2D eigenvalue weighted by Crippen LogP contribution is -2.14. The van der Waals surface area contributed by atoms with E-state index in [9.17, 15) is 4.79 Å². The van der Waals surface area contributed by atoms with Crippen molar-refractivity contribution in [2.45, 2.75) is 44.9 Å². The van der Waals surface area contributed by atoms with E-state index in [1.807, 2.05) is 0 Å². The van der Waals surface area contributed by atoms with E-state index in [0.29, 0.717) is 5.92 Å². The second kappa shape index (κ2) is 7.36. The summed E-state index contributed by atoms with van der Waals surface area (Å²) < 4.78 is 2.33. The highest BCUT2D eigenvalue weighted by atomic mass is 31.0. The average Bonchev–Trinajstić information content (AvgIpc) is 2.23. The van der Waals surface area contributed by atoms with Crippen LogP contribution in [0.1, 0.15) is 44.9 Å². The van der Waals surface area contributed by atoms with Crippen molar-refractivity contribution < 1.29 is 4.79 Å². The number of carbonyl (C=O) groups is 1. The predicted octanol–water partition coefficient (Wildman–Crippen LogP) is 2.64. The molecule has 1 aliphatic heterocycles. The zero-order valence-corrected chi connectivity index (χ0v) is 10.1. The van der Waals surface area contributed by atoms with Gasteiger partial charge in [0.05, 0.1) is 0 Å². The minimum Gasteiger partial charge on any atom is -0.303 e. The lowest BCUT2D eigenvalue weighted by Gasteiger charge is -2.14. The molecular weight excluding hydrogens is 193 g/mol. The molecule has 1 rings (SSSR count). The molecular formula is C11H22NOP. The second-order valence-electron chi connectivity index (χ2n) is 4.28. The van der Waals surface area contributed by atoms with Gasteiger partial charge in [-0.15, -0.1) is 0 Å². The third-order valence-electron chi connectivity index (χ3n) is 2.98. The molecule has 14 heavy (non-hydrogen) atoms. The van der Waals surface area contributed by atoms with Crippen LogP contribution in [0.4, 0.5) is 0 Å². The maximum Gasteiger partial charge on any atom is 0.123 e. The summed E-state index contributed by atoms with van der Waals surface area (Å²) in [6.45, 7) is 2.35. The van der Waals surface area contributed by atoms with Gasteiger partial charge in [0.2, 0.25) is 0 Å². The van der Waals surface area contributed by atoms with E-state index < -0.39 is 0 Å². The maximum atomic E-state index is 10.8. The summed E-state index contributed by atoms with van der Waals surface area (Å²) in [6.07, 6.45) is 9.58. The van der Waals surface area contributed by atoms with Gasteiger partial charge in [0, 0.05) is 19.0 Å². The summed E-state index contributed by atoms with van der Waals surface area (Å²) in [6, 6.07) is 0. The minimum absolute atomic E-state index is 0.339. The third kappa shape index (κ3) is 5.07. The van der Waals surface area contributed by atoms with E-state index in [2.05, 4.69) is 14.1 Å². The van der Waals surface area contributed by atoms with Crippen molar-refractivity contribution in [3.05, 3.63) is 0 Å².